The Morgan fingerprint density at radius 1 is 0.800 bits per heavy atom. The number of carboxylic acid groups (broad SMARTS) is 1. The minimum absolute atomic E-state index is 0.135. The summed E-state index contributed by atoms with van der Waals surface area (Å²) in [5.41, 5.74) is 5.71. The molecule has 0 aliphatic carbocycles. The van der Waals surface area contributed by atoms with Gasteiger partial charge >= 0.3 is 5.97 Å². The Bertz CT molecular complexity index is 1550. The van der Waals surface area contributed by atoms with Crippen molar-refractivity contribution in [2.24, 2.45) is 0 Å². The van der Waals surface area contributed by atoms with E-state index in [1.54, 1.807) is 18.2 Å². The minimum atomic E-state index is -0.973. The summed E-state index contributed by atoms with van der Waals surface area (Å²) in [6.45, 7) is 0.885. The van der Waals surface area contributed by atoms with Crippen molar-refractivity contribution in [2.75, 3.05) is 20.6 Å². The molecule has 3 aromatic carbocycles. The van der Waals surface area contributed by atoms with Crippen LogP contribution >= 0.6 is 0 Å². The summed E-state index contributed by atoms with van der Waals surface area (Å²) in [6.07, 6.45) is 1.35. The number of ketones is 1. The number of Topliss-reactive ketones (excluding diaryl/α,β-unsaturated/α-hetero) is 1. The lowest BCUT2D eigenvalue weighted by Gasteiger charge is -2.08. The molecule has 0 saturated heterocycles. The van der Waals surface area contributed by atoms with E-state index >= 15 is 0 Å². The van der Waals surface area contributed by atoms with E-state index in [0.29, 0.717) is 28.8 Å². The van der Waals surface area contributed by atoms with Crippen LogP contribution in [0.4, 0.5) is 0 Å². The van der Waals surface area contributed by atoms with Crippen molar-refractivity contribution in [3.05, 3.63) is 71.8 Å². The number of nitrogens with one attached hydrogen (secondary N) is 2. The predicted molar refractivity (Wildman–Crippen MR) is 136 cm³/mol. The van der Waals surface area contributed by atoms with Crippen LogP contribution in [0.5, 0.6) is 0 Å². The topological polar surface area (TPSA) is 115 Å². The van der Waals surface area contributed by atoms with Gasteiger partial charge in [-0.1, -0.05) is 24.3 Å². The molecule has 0 aliphatic heterocycles. The zero-order chi connectivity index (χ0) is 24.5. The zero-order valence-corrected chi connectivity index (χ0v) is 19.5. The molecule has 5 aromatic rings. The molecule has 8 heteroatoms. The Morgan fingerprint density at radius 2 is 1.31 bits per heavy atom. The maximum absolute atomic E-state index is 12.5. The van der Waals surface area contributed by atoms with Gasteiger partial charge in [0.1, 0.15) is 11.6 Å². The van der Waals surface area contributed by atoms with Crippen molar-refractivity contribution in [3.63, 3.8) is 0 Å². The molecule has 0 spiro atoms. The lowest BCUT2D eigenvalue weighted by atomic mass is 10.1. The van der Waals surface area contributed by atoms with Crippen LogP contribution in [0, 0.1) is 0 Å². The van der Waals surface area contributed by atoms with Crippen LogP contribution in [0.1, 0.15) is 33.6 Å². The van der Waals surface area contributed by atoms with Crippen molar-refractivity contribution < 1.29 is 14.7 Å². The Kier molecular flexibility index (Phi) is 5.88. The van der Waals surface area contributed by atoms with Gasteiger partial charge in [-0.2, -0.15) is 0 Å². The molecule has 2 aromatic heterocycles. The summed E-state index contributed by atoms with van der Waals surface area (Å²) in [6, 6.07) is 18.2. The summed E-state index contributed by atoms with van der Waals surface area (Å²) in [5.74, 6) is 0.546. The summed E-state index contributed by atoms with van der Waals surface area (Å²) in [7, 11) is 4.01. The van der Waals surface area contributed by atoms with Crippen LogP contribution in [0.3, 0.4) is 0 Å². The van der Waals surface area contributed by atoms with E-state index in [2.05, 4.69) is 24.8 Å². The number of imidazole rings is 2. The first kappa shape index (κ1) is 22.5. The molecule has 0 saturated carbocycles. The van der Waals surface area contributed by atoms with Crippen LogP contribution < -0.4 is 0 Å². The Hall–Kier alpha value is -4.30. The van der Waals surface area contributed by atoms with Gasteiger partial charge in [0.05, 0.1) is 27.6 Å². The average molecular weight is 468 g/mol. The molecule has 0 bridgehead atoms. The number of benzene rings is 3. The normalized spacial score (nSPS) is 11.5. The van der Waals surface area contributed by atoms with E-state index in [1.807, 2.05) is 56.6 Å². The van der Waals surface area contributed by atoms with E-state index < -0.39 is 5.97 Å². The van der Waals surface area contributed by atoms with E-state index in [1.165, 1.54) is 0 Å². The fourth-order valence-electron chi connectivity index (χ4n) is 4.09. The molecule has 0 radical (unpaired) electrons. The molecular weight excluding hydrogens is 442 g/mol. The third-order valence-electron chi connectivity index (χ3n) is 5.97. The Morgan fingerprint density at radius 3 is 1.83 bits per heavy atom. The maximum Gasteiger partial charge on any atom is 0.335 e. The first-order chi connectivity index (χ1) is 16.9. The van der Waals surface area contributed by atoms with Crippen LogP contribution in [0.2, 0.25) is 0 Å². The van der Waals surface area contributed by atoms with Gasteiger partial charge in [0.2, 0.25) is 0 Å². The standard InChI is InChI=1S/C27H25N5O3/c1-32(2)13-3-4-24(33)18-9-11-20-22(14-18)30-25(28-20)16-5-7-17(8-6-16)26-29-21-12-10-19(27(34)35)15-23(21)31-26/h5-12,14-15H,3-4,13H2,1-2H3,(H,28,30)(H,29,31)(H,34,35). The summed E-state index contributed by atoms with van der Waals surface area (Å²) < 4.78 is 0. The van der Waals surface area contributed by atoms with E-state index in [9.17, 15) is 14.7 Å². The van der Waals surface area contributed by atoms with E-state index in [0.717, 1.165) is 41.0 Å². The molecular formula is C27H25N5O3. The first-order valence-electron chi connectivity index (χ1n) is 11.4. The quantitative estimate of drug-likeness (QED) is 0.277. The number of hydrogen-bond donors (Lipinski definition) is 3. The number of carbonyl (C=O) groups is 2. The molecule has 176 valence electrons. The van der Waals surface area contributed by atoms with Gasteiger partial charge < -0.3 is 20.0 Å². The smallest absolute Gasteiger partial charge is 0.335 e. The molecule has 0 amide bonds. The van der Waals surface area contributed by atoms with Gasteiger partial charge in [-0.15, -0.1) is 0 Å². The number of rotatable bonds is 8. The van der Waals surface area contributed by atoms with Crippen molar-refractivity contribution in [1.82, 2.24) is 24.8 Å². The highest BCUT2D eigenvalue weighted by Gasteiger charge is 2.12. The fourth-order valence-corrected chi connectivity index (χ4v) is 4.09. The number of carboxylic acids is 1. The highest BCUT2D eigenvalue weighted by molar-refractivity contribution is 5.99. The number of aromatic carboxylic acids is 1. The summed E-state index contributed by atoms with van der Waals surface area (Å²) in [5, 5.41) is 9.19. The average Bonchev–Trinajstić information content (AvgIpc) is 3.47. The lowest BCUT2D eigenvalue weighted by Crippen LogP contribution is -2.14. The van der Waals surface area contributed by atoms with E-state index in [-0.39, 0.29) is 11.3 Å². The number of carbonyl (C=O) groups excluding carboxylic acids is 1. The largest absolute Gasteiger partial charge is 0.478 e. The predicted octanol–water partition coefficient (Wildman–Crippen LogP) is 5.00. The van der Waals surface area contributed by atoms with Crippen LogP contribution in [-0.4, -0.2) is 62.3 Å². The van der Waals surface area contributed by atoms with Gasteiger partial charge in [0, 0.05) is 23.1 Å². The van der Waals surface area contributed by atoms with Crippen LogP contribution in [-0.2, 0) is 0 Å². The van der Waals surface area contributed by atoms with Crippen LogP contribution in [0.25, 0.3) is 44.8 Å². The second kappa shape index (κ2) is 9.15. The number of hydrogen-bond acceptors (Lipinski definition) is 5. The number of aromatic amines is 2. The number of nitrogens with zero attached hydrogens (tertiary/aromatic N) is 3. The zero-order valence-electron chi connectivity index (χ0n) is 19.5. The van der Waals surface area contributed by atoms with Gasteiger partial charge in [-0.25, -0.2) is 14.8 Å². The molecule has 8 nitrogen and oxygen atoms in total. The highest BCUT2D eigenvalue weighted by atomic mass is 16.4. The highest BCUT2D eigenvalue weighted by Crippen LogP contribution is 2.26. The fraction of sp³-hybridized carbons (Fsp3) is 0.185. The van der Waals surface area contributed by atoms with Crippen LogP contribution in [0.15, 0.2) is 60.7 Å². The van der Waals surface area contributed by atoms with Crippen molar-refractivity contribution in [2.45, 2.75) is 12.8 Å². The maximum atomic E-state index is 12.5. The molecule has 0 unspecified atom stereocenters. The third-order valence-corrected chi connectivity index (χ3v) is 5.97. The Labute approximate surface area is 201 Å². The molecule has 2 heterocycles. The van der Waals surface area contributed by atoms with Gasteiger partial charge in [0.15, 0.2) is 5.78 Å². The number of H-pyrrole nitrogens is 2. The molecule has 0 atom stereocenters. The monoisotopic (exact) mass is 467 g/mol. The van der Waals surface area contributed by atoms with Crippen molar-refractivity contribution in [1.29, 1.82) is 0 Å². The Balaban J connectivity index is 1.36. The summed E-state index contributed by atoms with van der Waals surface area (Å²) >= 11 is 0. The van der Waals surface area contributed by atoms with Crippen molar-refractivity contribution in [3.8, 4) is 22.8 Å². The van der Waals surface area contributed by atoms with Gasteiger partial charge in [-0.3, -0.25) is 4.79 Å². The van der Waals surface area contributed by atoms with Gasteiger partial charge in [-0.05, 0) is 63.5 Å². The van der Waals surface area contributed by atoms with Gasteiger partial charge in [0.25, 0.3) is 0 Å². The van der Waals surface area contributed by atoms with Crippen molar-refractivity contribution >= 4 is 33.8 Å². The molecule has 3 N–H and O–H groups in total. The third kappa shape index (κ3) is 4.69. The minimum Gasteiger partial charge on any atom is -0.478 e. The number of fused-ring (bicyclic) bond motifs is 2. The van der Waals surface area contributed by atoms with E-state index in [4.69, 9.17) is 0 Å². The second-order valence-corrected chi connectivity index (χ2v) is 8.85. The molecule has 5 rings (SSSR count). The summed E-state index contributed by atoms with van der Waals surface area (Å²) in [4.78, 5) is 41.6. The molecule has 0 aliphatic rings. The molecule has 0 fully saturated rings. The number of aromatic nitrogens is 4. The second-order valence-electron chi connectivity index (χ2n) is 8.85. The SMILES string of the molecule is CN(C)CCCC(=O)c1ccc2nc(-c3ccc(-c4nc5ccc(C(=O)O)cc5[nH]4)cc3)[nH]c2c1. The first-order valence-corrected chi connectivity index (χ1v) is 11.4. The molecule has 35 heavy (non-hydrogen) atoms. The lowest BCUT2D eigenvalue weighted by molar-refractivity contribution is 0.0696.